The third kappa shape index (κ3) is 4.59. The second kappa shape index (κ2) is 9.68. The zero-order valence-corrected chi connectivity index (χ0v) is 21.3. The molecule has 0 aliphatic heterocycles. The molecule has 0 aliphatic carbocycles. The number of pyridine rings is 2. The van der Waals surface area contributed by atoms with Crippen molar-refractivity contribution in [2.45, 2.75) is 6.92 Å². The van der Waals surface area contributed by atoms with E-state index in [1.165, 1.54) is 12.1 Å². The molecule has 8 nitrogen and oxygen atoms in total. The number of nitrogens with zero attached hydrogens (tertiary/aromatic N) is 5. The van der Waals surface area contributed by atoms with Crippen molar-refractivity contribution in [1.29, 1.82) is 0 Å². The Morgan fingerprint density at radius 3 is 2.66 bits per heavy atom. The zero-order valence-electron chi connectivity index (χ0n) is 21.3. The van der Waals surface area contributed by atoms with Gasteiger partial charge in [0.2, 0.25) is 0 Å². The molecule has 2 N–H and O–H groups in total. The lowest BCUT2D eigenvalue weighted by Gasteiger charge is -2.11. The van der Waals surface area contributed by atoms with Gasteiger partial charge in [-0.2, -0.15) is 5.10 Å². The van der Waals surface area contributed by atoms with E-state index in [1.807, 2.05) is 63.5 Å². The summed E-state index contributed by atoms with van der Waals surface area (Å²) in [7, 11) is 4.01. The van der Waals surface area contributed by atoms with Crippen LogP contribution in [0.5, 0.6) is 5.75 Å². The molecular formula is C29H26FN7O. The number of hydrogen-bond acceptors (Lipinski definition) is 6. The fourth-order valence-corrected chi connectivity index (χ4v) is 4.48. The minimum absolute atomic E-state index is 0.274. The van der Waals surface area contributed by atoms with E-state index in [1.54, 1.807) is 12.4 Å². The van der Waals surface area contributed by atoms with E-state index in [0.717, 1.165) is 51.0 Å². The van der Waals surface area contributed by atoms with Crippen LogP contribution >= 0.6 is 0 Å². The molecule has 4 aromatic heterocycles. The lowest BCUT2D eigenvalue weighted by Crippen LogP contribution is -2.19. The van der Waals surface area contributed by atoms with Gasteiger partial charge in [0.1, 0.15) is 23.7 Å². The van der Waals surface area contributed by atoms with Gasteiger partial charge in [0.25, 0.3) is 0 Å². The highest BCUT2D eigenvalue weighted by Gasteiger charge is 2.17. The molecule has 4 heterocycles. The minimum Gasteiger partial charge on any atom is -0.491 e. The number of halogens is 1. The van der Waals surface area contributed by atoms with E-state index in [2.05, 4.69) is 25.1 Å². The van der Waals surface area contributed by atoms with Gasteiger partial charge in [0, 0.05) is 23.9 Å². The van der Waals surface area contributed by atoms with Crippen molar-refractivity contribution in [2.75, 3.05) is 27.2 Å². The van der Waals surface area contributed by atoms with Crippen LogP contribution in [0.1, 0.15) is 5.56 Å². The maximum Gasteiger partial charge on any atom is 0.161 e. The number of para-hydroxylation sites is 1. The molecule has 38 heavy (non-hydrogen) atoms. The number of aromatic nitrogens is 6. The van der Waals surface area contributed by atoms with Gasteiger partial charge < -0.3 is 14.6 Å². The highest BCUT2D eigenvalue weighted by Crippen LogP contribution is 2.32. The smallest absolute Gasteiger partial charge is 0.161 e. The van der Waals surface area contributed by atoms with Crippen LogP contribution in [-0.2, 0) is 0 Å². The van der Waals surface area contributed by atoms with Gasteiger partial charge in [-0.1, -0.05) is 18.2 Å². The van der Waals surface area contributed by atoms with Crippen LogP contribution in [-0.4, -0.2) is 62.3 Å². The van der Waals surface area contributed by atoms with Crippen molar-refractivity contribution in [3.63, 3.8) is 0 Å². The first kappa shape index (κ1) is 23.7. The standard InChI is InChI=1S/C29H26FN7O/c1-17-11-18(13-20(30)12-17)22-5-4-6-24-26(22)34-29(33-24)28-27-25(35-36-28)8-7-23(32-27)19-14-21(16-31-15-19)38-10-9-37(2)3/h4-8,11-16H,9-10H2,1-3H3,(H,33,34)(H,35,36). The summed E-state index contributed by atoms with van der Waals surface area (Å²) in [4.78, 5) is 19.5. The molecule has 0 spiro atoms. The number of hydrogen-bond donors (Lipinski definition) is 2. The van der Waals surface area contributed by atoms with Crippen LogP contribution in [0.15, 0.2) is 67.0 Å². The second-order valence-corrected chi connectivity index (χ2v) is 9.53. The van der Waals surface area contributed by atoms with Gasteiger partial charge in [-0.3, -0.25) is 10.1 Å². The molecule has 6 aromatic rings. The molecule has 0 radical (unpaired) electrons. The van der Waals surface area contributed by atoms with Gasteiger partial charge in [-0.25, -0.2) is 14.4 Å². The number of imidazole rings is 1. The molecule has 0 atom stereocenters. The molecular weight excluding hydrogens is 481 g/mol. The summed E-state index contributed by atoms with van der Waals surface area (Å²) < 4.78 is 20.0. The van der Waals surface area contributed by atoms with Crippen LogP contribution < -0.4 is 4.74 Å². The number of ether oxygens (including phenoxy) is 1. The molecule has 0 amide bonds. The molecule has 0 saturated carbocycles. The van der Waals surface area contributed by atoms with E-state index in [9.17, 15) is 4.39 Å². The number of likely N-dealkylation sites (N-methyl/N-ethyl adjacent to an activating group) is 1. The average Bonchev–Trinajstić information content (AvgIpc) is 3.51. The predicted molar refractivity (Wildman–Crippen MR) is 146 cm³/mol. The normalized spacial score (nSPS) is 11.6. The molecule has 0 aliphatic rings. The van der Waals surface area contributed by atoms with Gasteiger partial charge in [0.15, 0.2) is 11.5 Å². The Morgan fingerprint density at radius 1 is 0.921 bits per heavy atom. The molecule has 0 unspecified atom stereocenters. The third-order valence-corrected chi connectivity index (χ3v) is 6.31. The van der Waals surface area contributed by atoms with Crippen LogP contribution in [0.2, 0.25) is 0 Å². The highest BCUT2D eigenvalue weighted by atomic mass is 19.1. The first-order valence-corrected chi connectivity index (χ1v) is 12.3. The first-order valence-electron chi connectivity index (χ1n) is 12.3. The maximum absolute atomic E-state index is 14.1. The summed E-state index contributed by atoms with van der Waals surface area (Å²) in [5, 5.41) is 7.57. The van der Waals surface area contributed by atoms with Crippen molar-refractivity contribution in [1.82, 2.24) is 35.0 Å². The average molecular weight is 508 g/mol. The van der Waals surface area contributed by atoms with Crippen molar-refractivity contribution < 1.29 is 9.13 Å². The molecule has 0 bridgehead atoms. The quantitative estimate of drug-likeness (QED) is 0.291. The SMILES string of the molecule is Cc1cc(F)cc(-c2cccc3[nH]c(-c4n[nH]c5ccc(-c6cncc(OCCN(C)C)c6)nc45)nc23)c1. The van der Waals surface area contributed by atoms with E-state index >= 15 is 0 Å². The van der Waals surface area contributed by atoms with Gasteiger partial charge in [0.05, 0.1) is 28.4 Å². The molecule has 0 fully saturated rings. The van der Waals surface area contributed by atoms with E-state index < -0.39 is 0 Å². The Morgan fingerprint density at radius 2 is 1.82 bits per heavy atom. The Balaban J connectivity index is 1.38. The molecule has 6 rings (SSSR count). The number of benzene rings is 2. The first-order chi connectivity index (χ1) is 18.4. The van der Waals surface area contributed by atoms with Gasteiger partial charge in [-0.05, 0) is 68.5 Å². The third-order valence-electron chi connectivity index (χ3n) is 6.31. The summed E-state index contributed by atoms with van der Waals surface area (Å²) in [6.45, 7) is 3.26. The Kier molecular flexibility index (Phi) is 6.05. The summed E-state index contributed by atoms with van der Waals surface area (Å²) >= 11 is 0. The summed E-state index contributed by atoms with van der Waals surface area (Å²) in [6.07, 6.45) is 3.47. The summed E-state index contributed by atoms with van der Waals surface area (Å²) in [5.74, 6) is 0.996. The highest BCUT2D eigenvalue weighted by molar-refractivity contribution is 5.96. The summed E-state index contributed by atoms with van der Waals surface area (Å²) in [5.41, 5.74) is 7.71. The summed E-state index contributed by atoms with van der Waals surface area (Å²) in [6, 6.07) is 16.6. The number of fused-ring (bicyclic) bond motifs is 2. The molecule has 0 saturated heterocycles. The van der Waals surface area contributed by atoms with E-state index in [-0.39, 0.29) is 5.82 Å². The number of H-pyrrole nitrogens is 2. The van der Waals surface area contributed by atoms with Gasteiger partial charge in [-0.15, -0.1) is 0 Å². The lowest BCUT2D eigenvalue weighted by atomic mass is 10.0. The van der Waals surface area contributed by atoms with Gasteiger partial charge >= 0.3 is 0 Å². The molecule has 9 heteroatoms. The monoisotopic (exact) mass is 507 g/mol. The number of aryl methyl sites for hydroxylation is 1. The van der Waals surface area contributed by atoms with Crippen LogP contribution in [0, 0.1) is 12.7 Å². The lowest BCUT2D eigenvalue weighted by molar-refractivity contribution is 0.261. The topological polar surface area (TPSA) is 95.6 Å². The fraction of sp³-hybridized carbons (Fsp3) is 0.172. The van der Waals surface area contributed by atoms with Crippen LogP contribution in [0.3, 0.4) is 0 Å². The molecule has 2 aromatic carbocycles. The molecule has 190 valence electrons. The van der Waals surface area contributed by atoms with Crippen LogP contribution in [0.25, 0.3) is 56.0 Å². The Hall–Kier alpha value is -4.63. The number of aromatic amines is 2. The van der Waals surface area contributed by atoms with E-state index in [0.29, 0.717) is 29.4 Å². The van der Waals surface area contributed by atoms with Crippen LogP contribution in [0.4, 0.5) is 4.39 Å². The second-order valence-electron chi connectivity index (χ2n) is 9.53. The minimum atomic E-state index is -0.274. The zero-order chi connectivity index (χ0) is 26.2. The van der Waals surface area contributed by atoms with Crippen molar-refractivity contribution >= 4 is 22.1 Å². The number of rotatable bonds is 7. The van der Waals surface area contributed by atoms with Crippen molar-refractivity contribution in [3.05, 3.63) is 78.4 Å². The van der Waals surface area contributed by atoms with Crippen molar-refractivity contribution in [3.8, 4) is 39.7 Å². The van der Waals surface area contributed by atoms with Crippen molar-refractivity contribution in [2.24, 2.45) is 0 Å². The predicted octanol–water partition coefficient (Wildman–Crippen LogP) is 5.62. The maximum atomic E-state index is 14.1. The number of nitrogens with one attached hydrogen (secondary N) is 2. The van der Waals surface area contributed by atoms with E-state index in [4.69, 9.17) is 14.7 Å². The Bertz CT molecular complexity index is 1750. The fourth-order valence-electron chi connectivity index (χ4n) is 4.48. The largest absolute Gasteiger partial charge is 0.491 e. The Labute approximate surface area is 218 Å².